The molecule has 0 unspecified atom stereocenters. The number of nitrogens with zero attached hydrogens (tertiary/aromatic N) is 2. The number of urea groups is 1. The number of furan rings is 1. The molecule has 1 saturated carbocycles. The molecule has 0 radical (unpaired) electrons. The molecule has 3 rings (SSSR count). The summed E-state index contributed by atoms with van der Waals surface area (Å²) >= 11 is 0. The number of carbonyl (C=O) groups is 1. The molecule has 2 aromatic heterocycles. The molecule has 5 heteroatoms. The van der Waals surface area contributed by atoms with Gasteiger partial charge in [-0.3, -0.25) is 4.98 Å². The Morgan fingerprint density at radius 1 is 1.48 bits per heavy atom. The normalized spacial score (nSPS) is 20.1. The topological polar surface area (TPSA) is 58.4 Å². The van der Waals surface area contributed by atoms with Crippen molar-refractivity contribution in [2.75, 3.05) is 12.4 Å². The first-order valence-corrected chi connectivity index (χ1v) is 7.14. The molecule has 0 saturated heterocycles. The van der Waals surface area contributed by atoms with Crippen molar-refractivity contribution >= 4 is 11.7 Å². The summed E-state index contributed by atoms with van der Waals surface area (Å²) in [5.41, 5.74) is 0.682. The Kier molecular flexibility index (Phi) is 3.64. The van der Waals surface area contributed by atoms with Crippen LogP contribution in [0.4, 0.5) is 10.5 Å². The molecule has 0 bridgehead atoms. The molecule has 1 aliphatic carbocycles. The standard InChI is InChI=1S/C16H19N3O2/c1-11-8-14(11)15-6-5-13(21-15)10-19(2)16(20)18-12-4-3-7-17-9-12/h3-7,9,11,14H,8,10H2,1-2H3,(H,18,20)/t11-,14-/m0/s1. The zero-order valence-electron chi connectivity index (χ0n) is 12.2. The molecule has 1 fully saturated rings. The molecule has 1 aliphatic rings. The van der Waals surface area contributed by atoms with Crippen molar-refractivity contribution in [2.24, 2.45) is 5.92 Å². The van der Waals surface area contributed by atoms with Crippen LogP contribution in [-0.2, 0) is 6.54 Å². The van der Waals surface area contributed by atoms with Crippen LogP contribution in [0.2, 0.25) is 0 Å². The van der Waals surface area contributed by atoms with Gasteiger partial charge in [0.15, 0.2) is 0 Å². The summed E-state index contributed by atoms with van der Waals surface area (Å²) in [4.78, 5) is 17.6. The van der Waals surface area contributed by atoms with E-state index in [0.29, 0.717) is 18.2 Å². The number of anilines is 1. The Morgan fingerprint density at radius 3 is 2.95 bits per heavy atom. The van der Waals surface area contributed by atoms with Gasteiger partial charge in [0, 0.05) is 19.2 Å². The van der Waals surface area contributed by atoms with E-state index >= 15 is 0 Å². The third kappa shape index (κ3) is 3.24. The molecule has 0 spiro atoms. The summed E-state index contributed by atoms with van der Waals surface area (Å²) in [6.45, 7) is 2.67. The number of aromatic nitrogens is 1. The Bertz CT molecular complexity index is 623. The molecule has 0 aromatic carbocycles. The quantitative estimate of drug-likeness (QED) is 0.935. The third-order valence-corrected chi connectivity index (χ3v) is 3.81. The average molecular weight is 285 g/mol. The van der Waals surface area contributed by atoms with E-state index in [9.17, 15) is 4.79 Å². The fraction of sp³-hybridized carbons (Fsp3) is 0.375. The van der Waals surface area contributed by atoms with Gasteiger partial charge < -0.3 is 14.6 Å². The van der Waals surface area contributed by atoms with Gasteiger partial charge in [0.05, 0.1) is 18.4 Å². The van der Waals surface area contributed by atoms with Crippen LogP contribution in [0.3, 0.4) is 0 Å². The van der Waals surface area contributed by atoms with E-state index in [0.717, 1.165) is 17.4 Å². The van der Waals surface area contributed by atoms with E-state index in [2.05, 4.69) is 17.2 Å². The van der Waals surface area contributed by atoms with Gasteiger partial charge in [-0.15, -0.1) is 0 Å². The van der Waals surface area contributed by atoms with Crippen molar-refractivity contribution in [1.82, 2.24) is 9.88 Å². The van der Waals surface area contributed by atoms with Gasteiger partial charge in [-0.1, -0.05) is 6.92 Å². The van der Waals surface area contributed by atoms with E-state index < -0.39 is 0 Å². The number of amides is 2. The highest BCUT2D eigenvalue weighted by Crippen LogP contribution is 2.47. The lowest BCUT2D eigenvalue weighted by Crippen LogP contribution is -2.30. The van der Waals surface area contributed by atoms with E-state index in [-0.39, 0.29) is 6.03 Å². The fourth-order valence-electron chi connectivity index (χ4n) is 2.36. The lowest BCUT2D eigenvalue weighted by atomic mass is 10.3. The molecule has 21 heavy (non-hydrogen) atoms. The highest BCUT2D eigenvalue weighted by Gasteiger charge is 2.36. The summed E-state index contributed by atoms with van der Waals surface area (Å²) in [5, 5.41) is 2.79. The van der Waals surface area contributed by atoms with Gasteiger partial charge in [0.1, 0.15) is 11.5 Å². The monoisotopic (exact) mass is 285 g/mol. The van der Waals surface area contributed by atoms with Crippen LogP contribution in [0.5, 0.6) is 0 Å². The van der Waals surface area contributed by atoms with Crippen LogP contribution in [0.25, 0.3) is 0 Å². The first-order valence-electron chi connectivity index (χ1n) is 7.14. The second-order valence-electron chi connectivity index (χ2n) is 5.65. The third-order valence-electron chi connectivity index (χ3n) is 3.81. The smallest absolute Gasteiger partial charge is 0.322 e. The molecular weight excluding hydrogens is 266 g/mol. The second-order valence-corrected chi connectivity index (χ2v) is 5.65. The highest BCUT2D eigenvalue weighted by atomic mass is 16.3. The molecule has 5 nitrogen and oxygen atoms in total. The molecule has 1 N–H and O–H groups in total. The van der Waals surface area contributed by atoms with Crippen LogP contribution >= 0.6 is 0 Å². The van der Waals surface area contributed by atoms with Crippen LogP contribution in [-0.4, -0.2) is 23.0 Å². The van der Waals surface area contributed by atoms with Gasteiger partial charge in [0.25, 0.3) is 0 Å². The van der Waals surface area contributed by atoms with Crippen LogP contribution in [0.1, 0.15) is 30.8 Å². The van der Waals surface area contributed by atoms with Crippen molar-refractivity contribution in [2.45, 2.75) is 25.8 Å². The van der Waals surface area contributed by atoms with Gasteiger partial charge >= 0.3 is 6.03 Å². The average Bonchev–Trinajstić information content (AvgIpc) is 3.03. The molecule has 2 aromatic rings. The molecular formula is C16H19N3O2. The SMILES string of the molecule is C[C@H]1C[C@@H]1c1ccc(CN(C)C(=O)Nc2cccnc2)o1. The van der Waals surface area contributed by atoms with Gasteiger partial charge in [-0.2, -0.15) is 0 Å². The number of carbonyl (C=O) groups excluding carboxylic acids is 1. The van der Waals surface area contributed by atoms with Crippen molar-refractivity contribution in [3.63, 3.8) is 0 Å². The van der Waals surface area contributed by atoms with Gasteiger partial charge in [0.2, 0.25) is 0 Å². The zero-order chi connectivity index (χ0) is 14.8. The fourth-order valence-corrected chi connectivity index (χ4v) is 2.36. The first kappa shape index (κ1) is 13.7. The van der Waals surface area contributed by atoms with Gasteiger partial charge in [-0.05, 0) is 36.6 Å². The second kappa shape index (κ2) is 5.60. The van der Waals surface area contributed by atoms with Crippen molar-refractivity contribution in [3.8, 4) is 0 Å². The maximum absolute atomic E-state index is 12.1. The van der Waals surface area contributed by atoms with E-state index in [1.54, 1.807) is 36.5 Å². The summed E-state index contributed by atoms with van der Waals surface area (Å²) in [5.74, 6) is 3.13. The molecule has 2 atom stereocenters. The maximum Gasteiger partial charge on any atom is 0.322 e. The minimum absolute atomic E-state index is 0.180. The number of hydrogen-bond donors (Lipinski definition) is 1. The predicted molar refractivity (Wildman–Crippen MR) is 80.0 cm³/mol. The number of pyridine rings is 1. The maximum atomic E-state index is 12.1. The lowest BCUT2D eigenvalue weighted by molar-refractivity contribution is 0.216. The van der Waals surface area contributed by atoms with Crippen molar-refractivity contribution < 1.29 is 9.21 Å². The first-order chi connectivity index (χ1) is 10.1. The van der Waals surface area contributed by atoms with Gasteiger partial charge in [-0.25, -0.2) is 4.79 Å². The lowest BCUT2D eigenvalue weighted by Gasteiger charge is -2.16. The van der Waals surface area contributed by atoms with E-state index in [1.165, 1.54) is 6.42 Å². The summed E-state index contributed by atoms with van der Waals surface area (Å²) in [7, 11) is 1.74. The number of hydrogen-bond acceptors (Lipinski definition) is 3. The Labute approximate surface area is 124 Å². The molecule has 0 aliphatic heterocycles. The largest absolute Gasteiger partial charge is 0.464 e. The Hall–Kier alpha value is -2.30. The minimum atomic E-state index is -0.180. The van der Waals surface area contributed by atoms with Crippen LogP contribution < -0.4 is 5.32 Å². The predicted octanol–water partition coefficient (Wildman–Crippen LogP) is 3.46. The van der Waals surface area contributed by atoms with Crippen LogP contribution in [0, 0.1) is 5.92 Å². The zero-order valence-corrected chi connectivity index (χ0v) is 12.2. The molecule has 2 amide bonds. The molecule has 2 heterocycles. The van der Waals surface area contributed by atoms with E-state index in [4.69, 9.17) is 4.42 Å². The number of nitrogens with one attached hydrogen (secondary N) is 1. The van der Waals surface area contributed by atoms with Crippen molar-refractivity contribution in [3.05, 3.63) is 48.2 Å². The van der Waals surface area contributed by atoms with Crippen molar-refractivity contribution in [1.29, 1.82) is 0 Å². The Morgan fingerprint density at radius 2 is 2.29 bits per heavy atom. The minimum Gasteiger partial charge on any atom is -0.464 e. The highest BCUT2D eigenvalue weighted by molar-refractivity contribution is 5.88. The van der Waals surface area contributed by atoms with E-state index in [1.807, 2.05) is 12.1 Å². The molecule has 110 valence electrons. The number of rotatable bonds is 4. The summed E-state index contributed by atoms with van der Waals surface area (Å²) in [6, 6.07) is 7.38. The summed E-state index contributed by atoms with van der Waals surface area (Å²) < 4.78 is 5.81. The Balaban J connectivity index is 1.56. The summed E-state index contributed by atoms with van der Waals surface area (Å²) in [6.07, 6.45) is 4.48. The van der Waals surface area contributed by atoms with Crippen LogP contribution in [0.15, 0.2) is 41.1 Å².